The highest BCUT2D eigenvalue weighted by Gasteiger charge is 2.16. The molecule has 4 heteroatoms. The number of carbonyl (C=O) groups excluding carboxylic acids is 1. The number of carbonyl (C=O) groups is 2. The number of nitrogens with zero attached hydrogens (tertiary/aromatic N) is 1. The Morgan fingerprint density at radius 1 is 1.39 bits per heavy atom. The Morgan fingerprint density at radius 3 is 2.61 bits per heavy atom. The first-order chi connectivity index (χ1) is 8.56. The van der Waals surface area contributed by atoms with Gasteiger partial charge in [0.25, 0.3) is 0 Å². The Balaban J connectivity index is 2.96. The average molecular weight is 247 g/mol. The molecule has 0 heterocycles. The summed E-state index contributed by atoms with van der Waals surface area (Å²) in [6, 6.07) is 7.42. The second kappa shape index (κ2) is 6.59. The lowest BCUT2D eigenvalue weighted by Gasteiger charge is -2.23. The summed E-state index contributed by atoms with van der Waals surface area (Å²) in [5.74, 6) is -1.06. The van der Waals surface area contributed by atoms with Crippen LogP contribution in [0.25, 0.3) is 0 Å². The molecular formula is C14H17NO3. The Labute approximate surface area is 107 Å². The summed E-state index contributed by atoms with van der Waals surface area (Å²) in [4.78, 5) is 24.1. The minimum atomic E-state index is -0.917. The van der Waals surface area contributed by atoms with E-state index in [4.69, 9.17) is 5.11 Å². The molecular weight excluding hydrogens is 230 g/mol. The smallest absolute Gasteiger partial charge is 0.305 e. The summed E-state index contributed by atoms with van der Waals surface area (Å²) in [5, 5.41) is 8.73. The molecule has 0 aliphatic carbocycles. The van der Waals surface area contributed by atoms with Crippen LogP contribution < -0.4 is 4.90 Å². The quantitative estimate of drug-likeness (QED) is 0.785. The largest absolute Gasteiger partial charge is 0.481 e. The first-order valence-electron chi connectivity index (χ1n) is 5.75. The van der Waals surface area contributed by atoms with Crippen LogP contribution in [0.4, 0.5) is 5.69 Å². The predicted molar refractivity (Wildman–Crippen MR) is 70.6 cm³/mol. The van der Waals surface area contributed by atoms with Crippen molar-refractivity contribution in [2.24, 2.45) is 0 Å². The molecule has 1 aromatic rings. The van der Waals surface area contributed by atoms with E-state index in [0.717, 1.165) is 11.3 Å². The normalized spacial score (nSPS) is 9.83. The van der Waals surface area contributed by atoms with Gasteiger partial charge in [-0.05, 0) is 18.6 Å². The number of anilines is 1. The van der Waals surface area contributed by atoms with Crippen LogP contribution in [0.3, 0.4) is 0 Å². The summed E-state index contributed by atoms with van der Waals surface area (Å²) in [6.07, 6.45) is 1.65. The van der Waals surface area contributed by atoms with Crippen molar-refractivity contribution < 1.29 is 14.7 Å². The molecule has 1 rings (SSSR count). The standard InChI is InChI=1S/C14H17NO3/c1-3-6-13(16)15(10-9-14(17)18)12-8-5-4-7-11(12)2/h3-5,7-8H,1,6,9-10H2,2H3,(H,17,18). The van der Waals surface area contributed by atoms with Crippen LogP contribution in [0.5, 0.6) is 0 Å². The van der Waals surface area contributed by atoms with Crippen LogP contribution in [-0.2, 0) is 9.59 Å². The first-order valence-corrected chi connectivity index (χ1v) is 5.75. The van der Waals surface area contributed by atoms with Crippen molar-refractivity contribution in [1.82, 2.24) is 0 Å². The lowest BCUT2D eigenvalue weighted by molar-refractivity contribution is -0.136. The van der Waals surface area contributed by atoms with Crippen LogP contribution in [0.1, 0.15) is 18.4 Å². The zero-order valence-electron chi connectivity index (χ0n) is 10.4. The Kier molecular flexibility index (Phi) is 5.11. The molecule has 0 aliphatic rings. The molecule has 1 aromatic carbocycles. The van der Waals surface area contributed by atoms with E-state index >= 15 is 0 Å². The highest BCUT2D eigenvalue weighted by atomic mass is 16.4. The molecule has 1 amide bonds. The van der Waals surface area contributed by atoms with E-state index in [1.54, 1.807) is 0 Å². The van der Waals surface area contributed by atoms with Crippen LogP contribution >= 0.6 is 0 Å². The van der Waals surface area contributed by atoms with Crippen LogP contribution in [0.15, 0.2) is 36.9 Å². The van der Waals surface area contributed by atoms with E-state index < -0.39 is 5.97 Å². The van der Waals surface area contributed by atoms with Gasteiger partial charge in [-0.3, -0.25) is 9.59 Å². The number of hydrogen-bond donors (Lipinski definition) is 1. The summed E-state index contributed by atoms with van der Waals surface area (Å²) >= 11 is 0. The number of rotatable bonds is 6. The molecule has 0 atom stereocenters. The number of aliphatic carboxylic acids is 1. The predicted octanol–water partition coefficient (Wildman–Crippen LogP) is 2.38. The third-order valence-electron chi connectivity index (χ3n) is 2.58. The SMILES string of the molecule is C=CCC(=O)N(CCC(=O)O)c1ccccc1C. The van der Waals surface area contributed by atoms with Gasteiger partial charge in [-0.25, -0.2) is 0 Å². The van der Waals surface area contributed by atoms with Gasteiger partial charge in [0.2, 0.25) is 5.91 Å². The molecule has 1 N–H and O–H groups in total. The number of benzene rings is 1. The van der Waals surface area contributed by atoms with Crippen molar-refractivity contribution in [3.63, 3.8) is 0 Å². The van der Waals surface area contributed by atoms with E-state index in [0.29, 0.717) is 0 Å². The molecule has 0 radical (unpaired) electrons. The van der Waals surface area contributed by atoms with E-state index in [2.05, 4.69) is 6.58 Å². The summed E-state index contributed by atoms with van der Waals surface area (Å²) in [5.41, 5.74) is 1.70. The van der Waals surface area contributed by atoms with Gasteiger partial charge in [0.1, 0.15) is 0 Å². The van der Waals surface area contributed by atoms with E-state index in [-0.39, 0.29) is 25.3 Å². The molecule has 96 valence electrons. The maximum Gasteiger partial charge on any atom is 0.305 e. The van der Waals surface area contributed by atoms with Gasteiger partial charge in [0.05, 0.1) is 6.42 Å². The molecule has 18 heavy (non-hydrogen) atoms. The fourth-order valence-corrected chi connectivity index (χ4v) is 1.69. The van der Waals surface area contributed by atoms with Crippen LogP contribution in [0, 0.1) is 6.92 Å². The van der Waals surface area contributed by atoms with Gasteiger partial charge in [-0.1, -0.05) is 24.3 Å². The Hall–Kier alpha value is -2.10. The van der Waals surface area contributed by atoms with E-state index in [1.807, 2.05) is 31.2 Å². The van der Waals surface area contributed by atoms with Gasteiger partial charge >= 0.3 is 5.97 Å². The molecule has 0 aliphatic heterocycles. The average Bonchev–Trinajstić information content (AvgIpc) is 2.31. The molecule has 0 saturated heterocycles. The minimum Gasteiger partial charge on any atom is -0.481 e. The van der Waals surface area contributed by atoms with Crippen LogP contribution in [0.2, 0.25) is 0 Å². The maximum absolute atomic E-state index is 12.0. The molecule has 0 saturated carbocycles. The number of carboxylic acids is 1. The molecule has 0 aromatic heterocycles. The summed E-state index contributed by atoms with van der Waals surface area (Å²) < 4.78 is 0. The van der Waals surface area contributed by atoms with Gasteiger partial charge in [-0.15, -0.1) is 6.58 Å². The summed E-state index contributed by atoms with van der Waals surface area (Å²) in [7, 11) is 0. The van der Waals surface area contributed by atoms with Crippen molar-refractivity contribution in [3.8, 4) is 0 Å². The molecule has 4 nitrogen and oxygen atoms in total. The van der Waals surface area contributed by atoms with Crippen molar-refractivity contribution >= 4 is 17.6 Å². The monoisotopic (exact) mass is 247 g/mol. The number of amides is 1. The lowest BCUT2D eigenvalue weighted by atomic mass is 10.1. The topological polar surface area (TPSA) is 57.6 Å². The highest BCUT2D eigenvalue weighted by Crippen LogP contribution is 2.20. The molecule has 0 fully saturated rings. The second-order valence-electron chi connectivity index (χ2n) is 3.97. The van der Waals surface area contributed by atoms with Crippen LogP contribution in [-0.4, -0.2) is 23.5 Å². The first kappa shape index (κ1) is 14.0. The number of aryl methyl sites for hydroxylation is 1. The summed E-state index contributed by atoms with van der Waals surface area (Å²) in [6.45, 7) is 5.60. The van der Waals surface area contributed by atoms with Gasteiger partial charge in [-0.2, -0.15) is 0 Å². The van der Waals surface area contributed by atoms with Gasteiger partial charge in [0, 0.05) is 18.7 Å². The fourth-order valence-electron chi connectivity index (χ4n) is 1.69. The van der Waals surface area contributed by atoms with Crippen molar-refractivity contribution in [2.75, 3.05) is 11.4 Å². The highest BCUT2D eigenvalue weighted by molar-refractivity contribution is 5.95. The van der Waals surface area contributed by atoms with Crippen molar-refractivity contribution in [1.29, 1.82) is 0 Å². The zero-order valence-corrected chi connectivity index (χ0v) is 10.4. The number of carboxylic acid groups (broad SMARTS) is 1. The van der Waals surface area contributed by atoms with Gasteiger partial charge < -0.3 is 10.0 Å². The fraction of sp³-hybridized carbons (Fsp3) is 0.286. The Bertz CT molecular complexity index is 454. The van der Waals surface area contributed by atoms with E-state index in [1.165, 1.54) is 11.0 Å². The Morgan fingerprint density at radius 2 is 2.06 bits per heavy atom. The molecule has 0 bridgehead atoms. The maximum atomic E-state index is 12.0. The second-order valence-corrected chi connectivity index (χ2v) is 3.97. The number of para-hydroxylation sites is 1. The zero-order chi connectivity index (χ0) is 13.5. The van der Waals surface area contributed by atoms with Crippen molar-refractivity contribution in [3.05, 3.63) is 42.5 Å². The molecule has 0 unspecified atom stereocenters. The number of hydrogen-bond acceptors (Lipinski definition) is 2. The lowest BCUT2D eigenvalue weighted by Crippen LogP contribution is -2.33. The van der Waals surface area contributed by atoms with Gasteiger partial charge in [0.15, 0.2) is 0 Å². The molecule has 0 spiro atoms. The third kappa shape index (κ3) is 3.73. The van der Waals surface area contributed by atoms with Crippen molar-refractivity contribution in [2.45, 2.75) is 19.8 Å². The minimum absolute atomic E-state index is 0.0722. The third-order valence-corrected chi connectivity index (χ3v) is 2.58. The van der Waals surface area contributed by atoms with E-state index in [9.17, 15) is 9.59 Å².